The molecule has 0 aromatic heterocycles. The van der Waals surface area contributed by atoms with Crippen LogP contribution in [0.2, 0.25) is 0 Å². The highest BCUT2D eigenvalue weighted by Crippen LogP contribution is 2.60. The fourth-order valence-corrected chi connectivity index (χ4v) is 18.5. The van der Waals surface area contributed by atoms with E-state index in [0.29, 0.717) is 63.9 Å². The van der Waals surface area contributed by atoms with E-state index in [1.165, 1.54) is 51.4 Å². The smallest absolute Gasteiger partial charge is 0.462 e. The minimum absolute atomic E-state index is 0.0330. The van der Waals surface area contributed by atoms with Crippen LogP contribution in [0.25, 0.3) is 0 Å². The number of alkyl carbamates (subject to hydrolysis) is 1. The molecule has 1 N–H and O–H groups in total. The summed E-state index contributed by atoms with van der Waals surface area (Å²) >= 11 is 0. The van der Waals surface area contributed by atoms with Gasteiger partial charge in [0.2, 0.25) is 0 Å². The highest BCUT2D eigenvalue weighted by Gasteiger charge is 2.61. The summed E-state index contributed by atoms with van der Waals surface area (Å²) in [6.07, 6.45) is 10.1. The summed E-state index contributed by atoms with van der Waals surface area (Å²) in [5, 5.41) is 2.84. The number of hydrogen-bond acceptors (Lipinski definition) is 21. The number of carbonyl (C=O) groups excluding carboxylic acids is 3. The summed E-state index contributed by atoms with van der Waals surface area (Å²) in [6, 6.07) is 82.2. The van der Waals surface area contributed by atoms with Crippen LogP contribution in [0.3, 0.4) is 0 Å². The molecule has 0 saturated heterocycles. The summed E-state index contributed by atoms with van der Waals surface area (Å²) < 4.78 is 150. The number of amides is 1. The average molecular weight is 1790 g/mol. The third-order valence-corrected chi connectivity index (χ3v) is 25.6. The highest BCUT2D eigenvalue weighted by atomic mass is 31.2. The van der Waals surface area contributed by atoms with E-state index >= 15 is 13.7 Å². The van der Waals surface area contributed by atoms with Crippen molar-refractivity contribution in [3.05, 3.63) is 323 Å². The maximum atomic E-state index is 17.1. The van der Waals surface area contributed by atoms with Crippen molar-refractivity contribution >= 4 is 41.5 Å². The number of benzene rings is 9. The minimum Gasteiger partial charge on any atom is -0.462 e. The van der Waals surface area contributed by atoms with Crippen molar-refractivity contribution in [2.45, 2.75) is 263 Å². The Balaban J connectivity index is 0.988. The van der Waals surface area contributed by atoms with Gasteiger partial charge in [-0.2, -0.15) is 0 Å². The first-order chi connectivity index (χ1) is 61.8. The number of phosphoric acid groups is 3. The second kappa shape index (κ2) is 58.1. The van der Waals surface area contributed by atoms with Crippen molar-refractivity contribution in [2.24, 2.45) is 0 Å². The number of phosphoric ester groups is 3. The molecule has 1 saturated carbocycles. The number of carbonyl (C=O) groups is 3. The van der Waals surface area contributed by atoms with Gasteiger partial charge in [0.25, 0.3) is 0 Å². The summed E-state index contributed by atoms with van der Waals surface area (Å²) in [5.41, 5.74) is 5.80. The first-order valence-electron chi connectivity index (χ1n) is 45.0. The Kier molecular flexibility index (Phi) is 45.9. The Morgan fingerprint density at radius 3 is 0.810 bits per heavy atom. The first kappa shape index (κ1) is 99.6. The molecule has 126 heavy (non-hydrogen) atoms. The second-order valence-corrected chi connectivity index (χ2v) is 36.5. The first-order valence-corrected chi connectivity index (χ1v) is 49.3. The fourth-order valence-electron chi connectivity index (χ4n) is 14.4. The van der Waals surface area contributed by atoms with Gasteiger partial charge < -0.3 is 33.7 Å². The van der Waals surface area contributed by atoms with Gasteiger partial charge in [0, 0.05) is 19.4 Å². The van der Waals surface area contributed by atoms with Crippen LogP contribution in [0.1, 0.15) is 211 Å². The fraction of sp³-hybridized carbons (Fsp3) is 0.436. The van der Waals surface area contributed by atoms with Gasteiger partial charge in [-0.05, 0) is 69.3 Å². The monoisotopic (exact) mass is 1780 g/mol. The van der Waals surface area contributed by atoms with E-state index in [1.807, 2.05) is 200 Å². The molecule has 1 aliphatic rings. The Morgan fingerprint density at radius 2 is 0.516 bits per heavy atom. The highest BCUT2D eigenvalue weighted by molar-refractivity contribution is 7.49. The Morgan fingerprint density at radius 1 is 0.270 bits per heavy atom. The molecule has 9 aromatic rings. The Hall–Kier alpha value is -8.60. The number of esters is 2. The van der Waals surface area contributed by atoms with Crippen LogP contribution in [0.5, 0.6) is 0 Å². The number of hydrogen-bond donors (Lipinski definition) is 1. The lowest BCUT2D eigenvalue weighted by atomic mass is 9.84. The van der Waals surface area contributed by atoms with Crippen molar-refractivity contribution < 1.29 is 97.2 Å². The van der Waals surface area contributed by atoms with E-state index in [-0.39, 0.29) is 65.7 Å². The molecule has 25 heteroatoms. The van der Waals surface area contributed by atoms with Crippen LogP contribution >= 0.6 is 23.5 Å². The number of rotatable bonds is 64. The Bertz CT molecular complexity index is 4300. The van der Waals surface area contributed by atoms with Gasteiger partial charge in [-0.1, -0.05) is 402 Å². The lowest BCUT2D eigenvalue weighted by molar-refractivity contribution is -0.254. The standard InChI is InChI=1S/C101H128NO21P3/c1-2-3-4-5-6-7-8-9-10-12-16-19-49-70-94(104)120-92(81-109-93(103)69-48-18-15-13-11-14-17-20-50-71-102-101(105)113-75-86-57-36-24-37-58-86)82-119-126(108,118-80-91-67-46-29-47-68-91)123-100-96(111-73-84-53-32-22-33-54-84)98(121-124(106,114-76-87-59-38-25-39-60-87)115-77-88-61-40-26-41-62-88)95(110-72-83-51-30-21-31-52-83)99(97(100)112-74-85-55-34-23-35-56-85)122-125(107,116-78-89-63-42-27-43-64-89)117-79-90-65-44-28-45-66-90/h21-47,51-68,92,95-100H,2-20,48-50,69-82H2,1H3,(H,102,105)/t92-,95?,96-,97-,98-,99+,100?,126?/m1/s1. The zero-order valence-electron chi connectivity index (χ0n) is 72.9. The zero-order valence-corrected chi connectivity index (χ0v) is 75.6. The predicted octanol–water partition coefficient (Wildman–Crippen LogP) is 25.1. The van der Waals surface area contributed by atoms with Gasteiger partial charge in [0.15, 0.2) is 6.10 Å². The molecule has 0 bridgehead atoms. The predicted molar refractivity (Wildman–Crippen MR) is 487 cm³/mol. The SMILES string of the molecule is CCCCCCCCCCCCCCCC(=O)O[C@H](COC(=O)CCCCCCCCCCCNC(=O)OCc1ccccc1)COP(=O)(OCc1ccccc1)OC1[C@H](OCc2ccccc2)[C@H](OP(=O)(OCc2ccccc2)OCc2ccccc2)C(OCc2ccccc2)[C@H](OP(=O)(OCc2ccccc2)OCc2ccccc2)[C@H]1OCc1ccccc1. The van der Waals surface area contributed by atoms with Crippen molar-refractivity contribution in [3.8, 4) is 0 Å². The maximum absolute atomic E-state index is 17.1. The van der Waals surface area contributed by atoms with Gasteiger partial charge >= 0.3 is 41.5 Å². The second-order valence-electron chi connectivity index (χ2n) is 31.6. The van der Waals surface area contributed by atoms with Crippen molar-refractivity contribution in [3.63, 3.8) is 0 Å². The molecule has 0 radical (unpaired) electrons. The van der Waals surface area contributed by atoms with E-state index in [1.54, 1.807) is 72.8 Å². The zero-order chi connectivity index (χ0) is 88.1. The van der Waals surface area contributed by atoms with Gasteiger partial charge in [-0.3, -0.25) is 50.3 Å². The molecule has 9 aromatic carbocycles. The summed E-state index contributed by atoms with van der Waals surface area (Å²) in [4.78, 5) is 40.5. The largest absolute Gasteiger partial charge is 0.475 e. The molecule has 0 aliphatic heterocycles. The van der Waals surface area contributed by atoms with Crippen LogP contribution < -0.4 is 5.32 Å². The lowest BCUT2D eigenvalue weighted by Crippen LogP contribution is -2.67. The number of nitrogens with one attached hydrogen (secondary N) is 1. The van der Waals surface area contributed by atoms with Gasteiger partial charge in [-0.25, -0.2) is 18.5 Å². The van der Waals surface area contributed by atoms with Crippen LogP contribution in [-0.2, 0) is 152 Å². The molecule has 1 amide bonds. The van der Waals surface area contributed by atoms with Crippen molar-refractivity contribution in [1.82, 2.24) is 5.32 Å². The van der Waals surface area contributed by atoms with E-state index in [9.17, 15) is 14.4 Å². The third-order valence-electron chi connectivity index (χ3n) is 21.4. The normalized spacial score (nSPS) is 16.6. The Labute approximate surface area is 745 Å². The van der Waals surface area contributed by atoms with Gasteiger partial charge in [0.1, 0.15) is 49.8 Å². The molecule has 1 aliphatic carbocycles. The lowest BCUT2D eigenvalue weighted by Gasteiger charge is -2.50. The van der Waals surface area contributed by atoms with Gasteiger partial charge in [0.05, 0.1) is 59.5 Å². The van der Waals surface area contributed by atoms with Crippen LogP contribution in [0.4, 0.5) is 4.79 Å². The summed E-state index contributed by atoms with van der Waals surface area (Å²) in [7, 11) is -15.5. The molecule has 3 unspecified atom stereocenters. The van der Waals surface area contributed by atoms with E-state index < -0.39 is 104 Å². The molecular weight excluding hydrogens is 1660 g/mol. The van der Waals surface area contributed by atoms with E-state index in [2.05, 4.69) is 12.2 Å². The van der Waals surface area contributed by atoms with Crippen LogP contribution in [-0.4, -0.2) is 80.5 Å². The van der Waals surface area contributed by atoms with Crippen molar-refractivity contribution in [1.29, 1.82) is 0 Å². The number of ether oxygens (including phenoxy) is 6. The maximum Gasteiger partial charge on any atom is 0.475 e. The summed E-state index contributed by atoms with van der Waals surface area (Å²) in [5.74, 6) is -1.14. The van der Waals surface area contributed by atoms with E-state index in [0.717, 1.165) is 82.6 Å². The molecule has 0 spiro atoms. The quantitative estimate of drug-likeness (QED) is 0.0161. The molecular formula is C101H128NO21P3. The van der Waals surface area contributed by atoms with Crippen molar-refractivity contribution in [2.75, 3.05) is 19.8 Å². The molecule has 1 fully saturated rings. The minimum atomic E-state index is -5.35. The molecule has 0 heterocycles. The molecule has 8 atom stereocenters. The third kappa shape index (κ3) is 38.8. The molecule has 10 rings (SSSR count). The van der Waals surface area contributed by atoms with Crippen LogP contribution in [0.15, 0.2) is 273 Å². The number of unbranched alkanes of at least 4 members (excludes halogenated alkanes) is 20. The van der Waals surface area contributed by atoms with Gasteiger partial charge in [-0.15, -0.1) is 0 Å². The molecule has 22 nitrogen and oxygen atoms in total. The van der Waals surface area contributed by atoms with Crippen LogP contribution in [0, 0.1) is 0 Å². The average Bonchev–Trinajstić information content (AvgIpc) is 0.744. The molecule has 678 valence electrons. The topological polar surface area (TPSA) is 253 Å². The summed E-state index contributed by atoms with van der Waals surface area (Å²) in [6.45, 7) is -0.541. The van der Waals surface area contributed by atoms with E-state index in [4.69, 9.17) is 69.1 Å².